The van der Waals surface area contributed by atoms with Gasteiger partial charge in [-0.05, 0) is 44.0 Å². The zero-order chi connectivity index (χ0) is 16.3. The molecular weight excluding hydrogens is 340 g/mol. The number of hydrogen-bond acceptors (Lipinski definition) is 5. The number of benzene rings is 1. The highest BCUT2D eigenvalue weighted by atomic mass is 35.5. The predicted octanol–water partition coefficient (Wildman–Crippen LogP) is 1.79. The molecule has 0 saturated carbocycles. The van der Waals surface area contributed by atoms with Crippen LogP contribution in [0.3, 0.4) is 0 Å². The van der Waals surface area contributed by atoms with Crippen molar-refractivity contribution in [2.24, 2.45) is 5.73 Å². The van der Waals surface area contributed by atoms with Gasteiger partial charge in [0.2, 0.25) is 10.0 Å². The molecule has 0 radical (unpaired) electrons. The van der Waals surface area contributed by atoms with Gasteiger partial charge in [-0.2, -0.15) is 4.31 Å². The molecule has 2 N–H and O–H groups in total. The van der Waals surface area contributed by atoms with Crippen LogP contribution in [0.4, 0.5) is 0 Å². The molecule has 0 aliphatic carbocycles. The van der Waals surface area contributed by atoms with E-state index in [1.807, 2.05) is 6.92 Å². The molecule has 2 atom stereocenters. The maximum atomic E-state index is 12.8. The van der Waals surface area contributed by atoms with Crippen molar-refractivity contribution in [3.63, 3.8) is 0 Å². The van der Waals surface area contributed by atoms with Gasteiger partial charge < -0.3 is 10.5 Å². The third-order valence-electron chi connectivity index (χ3n) is 3.99. The molecule has 1 fully saturated rings. The zero-order valence-corrected chi connectivity index (χ0v) is 14.9. The van der Waals surface area contributed by atoms with Crippen LogP contribution < -0.4 is 5.73 Å². The lowest BCUT2D eigenvalue weighted by Crippen LogP contribution is -2.51. The number of ether oxygens (including phenoxy) is 1. The Balaban J connectivity index is 0.00000264. The number of carbonyl (C=O) groups excluding carboxylic acids is 1. The zero-order valence-electron chi connectivity index (χ0n) is 13.3. The molecule has 2 unspecified atom stereocenters. The van der Waals surface area contributed by atoms with Crippen molar-refractivity contribution in [1.29, 1.82) is 0 Å². The highest BCUT2D eigenvalue weighted by Crippen LogP contribution is 2.26. The van der Waals surface area contributed by atoms with Gasteiger partial charge in [0.15, 0.2) is 0 Å². The summed E-state index contributed by atoms with van der Waals surface area (Å²) in [5.41, 5.74) is 6.27. The molecule has 1 saturated heterocycles. The summed E-state index contributed by atoms with van der Waals surface area (Å²) in [6, 6.07) is 5.40. The van der Waals surface area contributed by atoms with Crippen LogP contribution in [-0.4, -0.2) is 44.4 Å². The lowest BCUT2D eigenvalue weighted by atomic mass is 10.00. The molecule has 0 bridgehead atoms. The number of carbonyl (C=O) groups is 1. The van der Waals surface area contributed by atoms with Gasteiger partial charge in [-0.3, -0.25) is 0 Å². The van der Waals surface area contributed by atoms with Crippen LogP contribution >= 0.6 is 12.4 Å². The van der Waals surface area contributed by atoms with E-state index >= 15 is 0 Å². The number of sulfonamides is 1. The first kappa shape index (κ1) is 19.9. The summed E-state index contributed by atoms with van der Waals surface area (Å²) >= 11 is 0. The molecular formula is C15H23ClN2O4S. The second-order valence-corrected chi connectivity index (χ2v) is 7.44. The van der Waals surface area contributed by atoms with Gasteiger partial charge in [-0.25, -0.2) is 13.2 Å². The highest BCUT2D eigenvalue weighted by molar-refractivity contribution is 7.89. The topological polar surface area (TPSA) is 89.7 Å². The summed E-state index contributed by atoms with van der Waals surface area (Å²) in [7, 11) is -2.32. The summed E-state index contributed by atoms with van der Waals surface area (Å²) in [4.78, 5) is 11.6. The fourth-order valence-electron chi connectivity index (χ4n) is 2.77. The van der Waals surface area contributed by atoms with Crippen LogP contribution in [0, 0.1) is 0 Å². The van der Waals surface area contributed by atoms with Gasteiger partial charge in [0, 0.05) is 18.6 Å². The van der Waals surface area contributed by atoms with E-state index in [1.54, 1.807) is 0 Å². The Morgan fingerprint density at radius 1 is 1.30 bits per heavy atom. The van der Waals surface area contributed by atoms with Gasteiger partial charge >= 0.3 is 5.97 Å². The minimum absolute atomic E-state index is 0. The molecule has 1 heterocycles. The minimum Gasteiger partial charge on any atom is -0.465 e. The first-order chi connectivity index (χ1) is 10.4. The Hall–Kier alpha value is -1.15. The number of piperidine rings is 1. The Kier molecular flexibility index (Phi) is 7.01. The second-order valence-electron chi connectivity index (χ2n) is 5.55. The maximum Gasteiger partial charge on any atom is 0.337 e. The molecule has 0 amide bonds. The largest absolute Gasteiger partial charge is 0.465 e. The van der Waals surface area contributed by atoms with Crippen molar-refractivity contribution in [3.05, 3.63) is 29.8 Å². The van der Waals surface area contributed by atoms with Gasteiger partial charge in [0.05, 0.1) is 17.6 Å². The number of nitrogens with two attached hydrogens (primary N) is 1. The third kappa shape index (κ3) is 4.23. The maximum absolute atomic E-state index is 12.8. The lowest BCUT2D eigenvalue weighted by Gasteiger charge is -2.36. The molecule has 1 aromatic carbocycles. The molecule has 8 heteroatoms. The first-order valence-electron chi connectivity index (χ1n) is 7.33. The van der Waals surface area contributed by atoms with Crippen LogP contribution in [0.25, 0.3) is 0 Å². The van der Waals surface area contributed by atoms with Crippen molar-refractivity contribution >= 4 is 28.4 Å². The molecule has 6 nitrogen and oxygen atoms in total. The van der Waals surface area contributed by atoms with Gasteiger partial charge in [-0.15, -0.1) is 12.4 Å². The second kappa shape index (κ2) is 8.10. The summed E-state index contributed by atoms with van der Waals surface area (Å²) in [6.45, 7) is 2.31. The smallest absolute Gasteiger partial charge is 0.337 e. The molecule has 1 aromatic rings. The van der Waals surface area contributed by atoms with Crippen LogP contribution in [0.1, 0.15) is 36.5 Å². The number of nitrogens with zero attached hydrogens (tertiary/aromatic N) is 1. The average molecular weight is 363 g/mol. The summed E-state index contributed by atoms with van der Waals surface area (Å²) < 4.78 is 31.7. The number of methoxy groups -OCH3 is 1. The van der Waals surface area contributed by atoms with Gasteiger partial charge in [0.25, 0.3) is 0 Å². The molecule has 1 aliphatic heterocycles. The molecule has 130 valence electrons. The molecule has 2 rings (SSSR count). The number of esters is 1. The van der Waals surface area contributed by atoms with Crippen LogP contribution in [0.2, 0.25) is 0 Å². The monoisotopic (exact) mass is 362 g/mol. The van der Waals surface area contributed by atoms with E-state index in [2.05, 4.69) is 4.74 Å². The molecule has 23 heavy (non-hydrogen) atoms. The van der Waals surface area contributed by atoms with Crippen LogP contribution in [0.5, 0.6) is 0 Å². The van der Waals surface area contributed by atoms with E-state index in [-0.39, 0.29) is 29.4 Å². The number of rotatable bonds is 4. The van der Waals surface area contributed by atoms with Crippen molar-refractivity contribution in [2.45, 2.75) is 43.2 Å². The molecule has 1 aliphatic rings. The van der Waals surface area contributed by atoms with Gasteiger partial charge in [-0.1, -0.05) is 6.42 Å². The average Bonchev–Trinajstić information content (AvgIpc) is 2.54. The lowest BCUT2D eigenvalue weighted by molar-refractivity contribution is 0.0600. The Bertz CT molecular complexity index is 631. The molecule has 0 aromatic heterocycles. The Morgan fingerprint density at radius 2 is 1.91 bits per heavy atom. The van der Waals surface area contributed by atoms with E-state index in [0.29, 0.717) is 12.1 Å². The van der Waals surface area contributed by atoms with E-state index < -0.39 is 16.0 Å². The Morgan fingerprint density at radius 3 is 2.43 bits per heavy atom. The first-order valence-corrected chi connectivity index (χ1v) is 8.77. The third-order valence-corrected chi connectivity index (χ3v) is 5.93. The number of hydrogen-bond donors (Lipinski definition) is 1. The van der Waals surface area contributed by atoms with E-state index in [9.17, 15) is 13.2 Å². The van der Waals surface area contributed by atoms with E-state index in [0.717, 1.165) is 19.3 Å². The minimum atomic E-state index is -3.60. The highest BCUT2D eigenvalue weighted by Gasteiger charge is 2.35. The van der Waals surface area contributed by atoms with E-state index in [1.165, 1.54) is 35.7 Å². The summed E-state index contributed by atoms with van der Waals surface area (Å²) in [5, 5.41) is 0. The van der Waals surface area contributed by atoms with Crippen LogP contribution in [-0.2, 0) is 14.8 Å². The standard InChI is InChI=1S/C15H22N2O4S.ClH/c1-11(16)14-5-3-4-10-17(14)22(19,20)13-8-6-12(7-9-13)15(18)21-2;/h6-9,11,14H,3-5,10,16H2,1-2H3;1H. The SMILES string of the molecule is COC(=O)c1ccc(S(=O)(=O)N2CCCCC2C(C)N)cc1.Cl. The summed E-state index contributed by atoms with van der Waals surface area (Å²) in [5.74, 6) is -0.490. The predicted molar refractivity (Wildman–Crippen MR) is 90.2 cm³/mol. The fraction of sp³-hybridized carbons (Fsp3) is 0.533. The quantitative estimate of drug-likeness (QED) is 0.824. The summed E-state index contributed by atoms with van der Waals surface area (Å²) in [6.07, 6.45) is 2.60. The van der Waals surface area contributed by atoms with Crippen molar-refractivity contribution in [1.82, 2.24) is 4.31 Å². The normalized spacial score (nSPS) is 20.4. The van der Waals surface area contributed by atoms with E-state index in [4.69, 9.17) is 5.73 Å². The fourth-order valence-corrected chi connectivity index (χ4v) is 4.54. The molecule has 0 spiro atoms. The Labute approximate surface area is 143 Å². The van der Waals surface area contributed by atoms with Crippen molar-refractivity contribution in [3.8, 4) is 0 Å². The van der Waals surface area contributed by atoms with Crippen molar-refractivity contribution in [2.75, 3.05) is 13.7 Å². The van der Waals surface area contributed by atoms with Crippen molar-refractivity contribution < 1.29 is 17.9 Å². The van der Waals surface area contributed by atoms with Gasteiger partial charge in [0.1, 0.15) is 0 Å². The van der Waals surface area contributed by atoms with Crippen LogP contribution in [0.15, 0.2) is 29.2 Å². The number of halogens is 1.